The molecule has 2 amide bonds. The van der Waals surface area contributed by atoms with E-state index in [0.717, 1.165) is 11.5 Å². The number of nitrogen functional groups attached to an aromatic ring is 1. The minimum atomic E-state index is -4.72. The summed E-state index contributed by atoms with van der Waals surface area (Å²) in [6, 6.07) is -1.26. The number of anilines is 1. The molecule has 0 aliphatic carbocycles. The van der Waals surface area contributed by atoms with Crippen LogP contribution < -0.4 is 11.1 Å². The summed E-state index contributed by atoms with van der Waals surface area (Å²) in [5, 5.41) is 14.6. The van der Waals surface area contributed by atoms with E-state index in [1.54, 1.807) is 0 Å². The second kappa shape index (κ2) is 7.05. The molecule has 14 nitrogen and oxygen atoms in total. The van der Waals surface area contributed by atoms with Crippen molar-refractivity contribution in [3.63, 3.8) is 0 Å². The van der Waals surface area contributed by atoms with Crippen LogP contribution in [0.4, 0.5) is 5.13 Å². The molecule has 1 aromatic heterocycles. The molecule has 0 aromatic carbocycles. The van der Waals surface area contributed by atoms with Crippen molar-refractivity contribution in [2.24, 2.45) is 5.16 Å². The Balaban J connectivity index is 2.20. The molecule has 1 saturated heterocycles. The maximum Gasteiger partial charge on any atom is 0.362 e. The van der Waals surface area contributed by atoms with E-state index in [9.17, 15) is 22.8 Å². The molecule has 27 heavy (non-hydrogen) atoms. The number of hydrogen-bond acceptors (Lipinski definition) is 11. The fourth-order valence-corrected chi connectivity index (χ4v) is 2.78. The Kier molecular flexibility index (Phi) is 5.34. The summed E-state index contributed by atoms with van der Waals surface area (Å²) in [6.45, 7) is 1.86. The maximum atomic E-state index is 12.4. The van der Waals surface area contributed by atoms with Crippen molar-refractivity contribution in [2.45, 2.75) is 25.5 Å². The van der Waals surface area contributed by atoms with Gasteiger partial charge in [0.25, 0.3) is 11.8 Å². The third kappa shape index (κ3) is 4.47. The van der Waals surface area contributed by atoms with Gasteiger partial charge in [-0.05, 0) is 13.8 Å². The van der Waals surface area contributed by atoms with E-state index in [1.165, 1.54) is 13.8 Å². The first kappa shape index (κ1) is 20.5. The van der Waals surface area contributed by atoms with E-state index < -0.39 is 52.0 Å². The van der Waals surface area contributed by atoms with Gasteiger partial charge in [-0.15, -0.1) is 0 Å². The molecule has 16 heteroatoms. The van der Waals surface area contributed by atoms with Gasteiger partial charge < -0.3 is 21.0 Å². The number of carbonyl (C=O) groups is 3. The molecule has 0 radical (unpaired) electrons. The summed E-state index contributed by atoms with van der Waals surface area (Å²) >= 11 is 0.729. The molecule has 5 N–H and O–H groups in total. The fraction of sp³-hybridized carbons (Fsp3) is 0.455. The second-order valence-electron chi connectivity index (χ2n) is 5.68. The number of nitrogens with zero attached hydrogens (tertiary/aromatic N) is 4. The van der Waals surface area contributed by atoms with E-state index in [2.05, 4.69) is 19.8 Å². The van der Waals surface area contributed by atoms with Crippen LogP contribution in [-0.2, 0) is 29.5 Å². The van der Waals surface area contributed by atoms with Crippen LogP contribution in [0.25, 0.3) is 0 Å². The molecule has 2 heterocycles. The van der Waals surface area contributed by atoms with Crippen molar-refractivity contribution in [1.29, 1.82) is 0 Å². The van der Waals surface area contributed by atoms with Crippen molar-refractivity contribution >= 4 is 50.5 Å². The second-order valence-corrected chi connectivity index (χ2v) is 7.80. The number of β-lactam (4-membered cyclic amide) rings is 1. The standard InChI is InChI=1S/C11H14N6O8S2/c1-11(2,9(20)21)25-15-5(6-14-10(12)26-16-6)7(18)13-4-3-17(8(4)19)27(22,23)24/h4H,3H2,1-2H3,(H,13,18)(H,20,21)(H2,12,14,16)(H,22,23,24). The lowest BCUT2D eigenvalue weighted by Gasteiger charge is -2.35. The zero-order valence-corrected chi connectivity index (χ0v) is 15.4. The summed E-state index contributed by atoms with van der Waals surface area (Å²) in [5.74, 6) is -3.76. The molecule has 0 spiro atoms. The minimum absolute atomic E-state index is 0.0136. The SMILES string of the molecule is CC(C)(ON=C(C(=O)NC1CN(S(=O)(=O)O)C1=O)c1nsc(N)n1)C(=O)O. The van der Waals surface area contributed by atoms with Gasteiger partial charge in [-0.2, -0.15) is 17.8 Å². The normalized spacial score (nSPS) is 18.0. The first-order valence-electron chi connectivity index (χ1n) is 7.02. The lowest BCUT2D eigenvalue weighted by atomic mass is 10.1. The largest absolute Gasteiger partial charge is 0.478 e. The predicted molar refractivity (Wildman–Crippen MR) is 88.9 cm³/mol. The van der Waals surface area contributed by atoms with Gasteiger partial charge in [0.1, 0.15) is 6.04 Å². The highest BCUT2D eigenvalue weighted by atomic mass is 32.2. The van der Waals surface area contributed by atoms with E-state index in [1.807, 2.05) is 0 Å². The quantitative estimate of drug-likeness (QED) is 0.160. The van der Waals surface area contributed by atoms with Crippen LogP contribution in [0, 0.1) is 0 Å². The van der Waals surface area contributed by atoms with E-state index >= 15 is 0 Å². The average molecular weight is 422 g/mol. The molecular formula is C11H14N6O8S2. The monoisotopic (exact) mass is 422 g/mol. The summed E-state index contributed by atoms with van der Waals surface area (Å²) in [5.41, 5.74) is 3.08. The molecular weight excluding hydrogens is 408 g/mol. The first-order chi connectivity index (χ1) is 12.3. The highest BCUT2D eigenvalue weighted by Gasteiger charge is 2.45. The van der Waals surface area contributed by atoms with Gasteiger partial charge >= 0.3 is 16.3 Å². The number of carboxylic acids is 1. The smallest absolute Gasteiger partial charge is 0.362 e. The van der Waals surface area contributed by atoms with Crippen molar-refractivity contribution < 1.29 is 37.3 Å². The van der Waals surface area contributed by atoms with Gasteiger partial charge in [0.15, 0.2) is 5.13 Å². The number of aliphatic carboxylic acids is 1. The van der Waals surface area contributed by atoms with Crippen LogP contribution in [-0.4, -0.2) is 73.4 Å². The van der Waals surface area contributed by atoms with Crippen LogP contribution >= 0.6 is 11.5 Å². The molecule has 1 aromatic rings. The zero-order chi connectivity index (χ0) is 20.6. The molecule has 1 aliphatic heterocycles. The van der Waals surface area contributed by atoms with Crippen molar-refractivity contribution in [3.05, 3.63) is 5.82 Å². The predicted octanol–water partition coefficient (Wildman–Crippen LogP) is -2.17. The highest BCUT2D eigenvalue weighted by Crippen LogP contribution is 2.16. The number of aromatic nitrogens is 2. The highest BCUT2D eigenvalue weighted by molar-refractivity contribution is 7.84. The Morgan fingerprint density at radius 2 is 2.11 bits per heavy atom. The average Bonchev–Trinajstić information content (AvgIpc) is 2.95. The summed E-state index contributed by atoms with van der Waals surface area (Å²) in [6.07, 6.45) is 0. The molecule has 1 aliphatic rings. The molecule has 0 saturated carbocycles. The number of amides is 2. The Labute approximate surface area is 156 Å². The van der Waals surface area contributed by atoms with Gasteiger partial charge in [-0.3, -0.25) is 14.1 Å². The fourth-order valence-electron chi connectivity index (χ4n) is 1.65. The van der Waals surface area contributed by atoms with Crippen molar-refractivity contribution in [3.8, 4) is 0 Å². The number of oxime groups is 1. The molecule has 1 fully saturated rings. The van der Waals surface area contributed by atoms with Crippen LogP contribution in [0.3, 0.4) is 0 Å². The Bertz CT molecular complexity index is 923. The molecule has 1 atom stereocenters. The third-order valence-electron chi connectivity index (χ3n) is 3.22. The molecule has 148 valence electrons. The number of hydrogen-bond donors (Lipinski definition) is 4. The number of carbonyl (C=O) groups excluding carboxylic acids is 2. The zero-order valence-electron chi connectivity index (χ0n) is 13.8. The summed E-state index contributed by atoms with van der Waals surface area (Å²) < 4.78 is 34.5. The van der Waals surface area contributed by atoms with Crippen LogP contribution in [0.15, 0.2) is 5.16 Å². The third-order valence-corrected chi connectivity index (χ3v) is 4.65. The number of nitrogens with one attached hydrogen (secondary N) is 1. The topological polar surface area (TPSA) is 214 Å². The van der Waals surface area contributed by atoms with Gasteiger partial charge in [-0.25, -0.2) is 9.10 Å². The number of rotatable bonds is 7. The summed E-state index contributed by atoms with van der Waals surface area (Å²) in [7, 11) is -4.72. The van der Waals surface area contributed by atoms with Crippen molar-refractivity contribution in [2.75, 3.05) is 12.3 Å². The van der Waals surface area contributed by atoms with Crippen molar-refractivity contribution in [1.82, 2.24) is 19.0 Å². The first-order valence-corrected chi connectivity index (χ1v) is 9.19. The molecule has 2 rings (SSSR count). The van der Waals surface area contributed by atoms with Crippen LogP contribution in [0.5, 0.6) is 0 Å². The Hall–Kier alpha value is -2.85. The van der Waals surface area contributed by atoms with Crippen LogP contribution in [0.2, 0.25) is 0 Å². The van der Waals surface area contributed by atoms with Gasteiger partial charge in [0, 0.05) is 11.5 Å². The Morgan fingerprint density at radius 1 is 1.48 bits per heavy atom. The van der Waals surface area contributed by atoms with Crippen LogP contribution in [0.1, 0.15) is 19.7 Å². The molecule has 0 bridgehead atoms. The number of carboxylic acid groups (broad SMARTS) is 1. The van der Waals surface area contributed by atoms with Gasteiger partial charge in [-0.1, -0.05) is 5.16 Å². The lowest BCUT2D eigenvalue weighted by Crippen LogP contribution is -2.65. The summed E-state index contributed by atoms with van der Waals surface area (Å²) in [4.78, 5) is 43.7. The van der Waals surface area contributed by atoms with Gasteiger partial charge in [0.2, 0.25) is 17.1 Å². The number of nitrogens with two attached hydrogens (primary N) is 1. The Morgan fingerprint density at radius 3 is 2.56 bits per heavy atom. The van der Waals surface area contributed by atoms with E-state index in [-0.39, 0.29) is 15.3 Å². The van der Waals surface area contributed by atoms with E-state index in [4.69, 9.17) is 20.2 Å². The van der Waals surface area contributed by atoms with E-state index in [0.29, 0.717) is 0 Å². The van der Waals surface area contributed by atoms with Gasteiger partial charge in [0.05, 0.1) is 6.54 Å². The molecule has 1 unspecified atom stereocenters. The maximum absolute atomic E-state index is 12.4. The minimum Gasteiger partial charge on any atom is -0.478 e. The lowest BCUT2D eigenvalue weighted by molar-refractivity contribution is -0.161.